The van der Waals surface area contributed by atoms with Crippen molar-refractivity contribution in [1.82, 2.24) is 10.2 Å². The summed E-state index contributed by atoms with van der Waals surface area (Å²) in [6.07, 6.45) is 1.71. The molecule has 0 bridgehead atoms. The van der Waals surface area contributed by atoms with Gasteiger partial charge < -0.3 is 10.6 Å². The van der Waals surface area contributed by atoms with Crippen LogP contribution < -0.4 is 10.6 Å². The van der Waals surface area contributed by atoms with Crippen molar-refractivity contribution in [3.05, 3.63) is 17.8 Å². The molecule has 0 spiro atoms. The van der Waals surface area contributed by atoms with Gasteiger partial charge in [0.2, 0.25) is 0 Å². The highest BCUT2D eigenvalue weighted by atomic mass is 32.2. The molecule has 4 nitrogen and oxygen atoms in total. The Morgan fingerprint density at radius 1 is 1.44 bits per heavy atom. The second-order valence-corrected chi connectivity index (χ2v) is 6.13. The SMILES string of the molecule is CC1CN(c2nnccc2CN)CC(C)S1. The highest BCUT2D eigenvalue weighted by Gasteiger charge is 2.24. The first-order valence-electron chi connectivity index (χ1n) is 5.61. The van der Waals surface area contributed by atoms with Gasteiger partial charge in [-0.15, -0.1) is 5.10 Å². The van der Waals surface area contributed by atoms with Crippen molar-refractivity contribution >= 4 is 17.6 Å². The number of nitrogens with two attached hydrogens (primary N) is 1. The van der Waals surface area contributed by atoms with Crippen LogP contribution in [0.4, 0.5) is 5.82 Å². The molecule has 2 unspecified atom stereocenters. The van der Waals surface area contributed by atoms with Gasteiger partial charge in [0.25, 0.3) is 0 Å². The molecule has 2 N–H and O–H groups in total. The van der Waals surface area contributed by atoms with Gasteiger partial charge in [0, 0.05) is 35.7 Å². The lowest BCUT2D eigenvalue weighted by Gasteiger charge is -2.35. The number of aromatic nitrogens is 2. The summed E-state index contributed by atoms with van der Waals surface area (Å²) in [6, 6.07) is 1.96. The van der Waals surface area contributed by atoms with Crippen LogP contribution >= 0.6 is 11.8 Å². The topological polar surface area (TPSA) is 55.0 Å². The Bertz CT molecular complexity index is 348. The van der Waals surface area contributed by atoms with E-state index in [4.69, 9.17) is 5.73 Å². The molecule has 1 aromatic rings. The molecule has 0 amide bonds. The Morgan fingerprint density at radius 2 is 2.12 bits per heavy atom. The Morgan fingerprint density at radius 3 is 2.75 bits per heavy atom. The van der Waals surface area contributed by atoms with E-state index in [1.54, 1.807) is 6.20 Å². The monoisotopic (exact) mass is 238 g/mol. The van der Waals surface area contributed by atoms with Gasteiger partial charge in [-0.1, -0.05) is 13.8 Å². The van der Waals surface area contributed by atoms with Gasteiger partial charge >= 0.3 is 0 Å². The second kappa shape index (κ2) is 5.01. The zero-order chi connectivity index (χ0) is 11.5. The van der Waals surface area contributed by atoms with Crippen LogP contribution in [0.2, 0.25) is 0 Å². The lowest BCUT2D eigenvalue weighted by molar-refractivity contribution is 0.705. The summed E-state index contributed by atoms with van der Waals surface area (Å²) in [5, 5.41) is 9.46. The third kappa shape index (κ3) is 2.47. The van der Waals surface area contributed by atoms with Crippen LogP contribution in [0.5, 0.6) is 0 Å². The summed E-state index contributed by atoms with van der Waals surface area (Å²) < 4.78 is 0. The summed E-state index contributed by atoms with van der Waals surface area (Å²) >= 11 is 2.03. The highest BCUT2D eigenvalue weighted by molar-refractivity contribution is 8.00. The standard InChI is InChI=1S/C11H18N4S/c1-8-6-15(7-9(2)16-8)11-10(5-12)3-4-13-14-11/h3-4,8-9H,5-7,12H2,1-2H3. The van der Waals surface area contributed by atoms with Gasteiger partial charge in [-0.05, 0) is 6.07 Å². The predicted octanol–water partition coefficient (Wildman–Crippen LogP) is 1.27. The largest absolute Gasteiger partial charge is 0.353 e. The van der Waals surface area contributed by atoms with Crippen molar-refractivity contribution in [2.24, 2.45) is 5.73 Å². The van der Waals surface area contributed by atoms with E-state index in [9.17, 15) is 0 Å². The Hall–Kier alpha value is -0.810. The number of hydrogen-bond acceptors (Lipinski definition) is 5. The number of nitrogens with zero attached hydrogens (tertiary/aromatic N) is 3. The fraction of sp³-hybridized carbons (Fsp3) is 0.636. The summed E-state index contributed by atoms with van der Waals surface area (Å²) in [5.74, 6) is 0.962. The molecular weight excluding hydrogens is 220 g/mol. The molecule has 1 aliphatic heterocycles. The summed E-state index contributed by atoms with van der Waals surface area (Å²) in [5.41, 5.74) is 6.81. The first-order valence-corrected chi connectivity index (χ1v) is 6.56. The normalized spacial score (nSPS) is 25.8. The molecule has 2 atom stereocenters. The number of thioether (sulfide) groups is 1. The maximum atomic E-state index is 5.73. The minimum absolute atomic E-state index is 0.525. The molecule has 1 fully saturated rings. The van der Waals surface area contributed by atoms with E-state index >= 15 is 0 Å². The Kier molecular flexibility index (Phi) is 3.66. The number of rotatable bonds is 2. The molecule has 2 heterocycles. The summed E-state index contributed by atoms with van der Waals surface area (Å²) in [6.45, 7) is 7.09. The second-order valence-electron chi connectivity index (χ2n) is 4.25. The summed E-state index contributed by atoms with van der Waals surface area (Å²) in [7, 11) is 0. The van der Waals surface area contributed by atoms with E-state index < -0.39 is 0 Å². The van der Waals surface area contributed by atoms with Crippen LogP contribution in [0.25, 0.3) is 0 Å². The van der Waals surface area contributed by atoms with E-state index in [-0.39, 0.29) is 0 Å². The smallest absolute Gasteiger partial charge is 0.155 e. The molecule has 2 rings (SSSR count). The van der Waals surface area contributed by atoms with Crippen molar-refractivity contribution in [3.8, 4) is 0 Å². The van der Waals surface area contributed by atoms with Crippen molar-refractivity contribution < 1.29 is 0 Å². The average Bonchev–Trinajstić information content (AvgIpc) is 2.27. The van der Waals surface area contributed by atoms with Gasteiger partial charge in [-0.2, -0.15) is 16.9 Å². The van der Waals surface area contributed by atoms with E-state index in [0.29, 0.717) is 17.0 Å². The van der Waals surface area contributed by atoms with Crippen molar-refractivity contribution in [1.29, 1.82) is 0 Å². The van der Waals surface area contributed by atoms with Gasteiger partial charge in [-0.25, -0.2) is 0 Å². The number of hydrogen-bond donors (Lipinski definition) is 1. The maximum Gasteiger partial charge on any atom is 0.155 e. The molecule has 1 aromatic heterocycles. The third-order valence-corrected chi connectivity index (χ3v) is 3.95. The zero-order valence-corrected chi connectivity index (χ0v) is 10.6. The summed E-state index contributed by atoms with van der Waals surface area (Å²) in [4.78, 5) is 2.31. The van der Waals surface area contributed by atoms with E-state index in [0.717, 1.165) is 24.5 Å². The Labute approximate surface area is 101 Å². The van der Waals surface area contributed by atoms with Crippen LogP contribution in [0, 0.1) is 0 Å². The minimum Gasteiger partial charge on any atom is -0.353 e. The van der Waals surface area contributed by atoms with Crippen LogP contribution in [0.3, 0.4) is 0 Å². The van der Waals surface area contributed by atoms with E-state index in [1.165, 1.54) is 0 Å². The van der Waals surface area contributed by atoms with E-state index in [2.05, 4.69) is 28.9 Å². The lowest BCUT2D eigenvalue weighted by atomic mass is 10.2. The lowest BCUT2D eigenvalue weighted by Crippen LogP contribution is -2.41. The van der Waals surface area contributed by atoms with Crippen molar-refractivity contribution in [3.63, 3.8) is 0 Å². The predicted molar refractivity (Wildman–Crippen MR) is 68.7 cm³/mol. The van der Waals surface area contributed by atoms with Crippen molar-refractivity contribution in [2.75, 3.05) is 18.0 Å². The quantitative estimate of drug-likeness (QED) is 0.841. The average molecular weight is 238 g/mol. The van der Waals surface area contributed by atoms with Crippen molar-refractivity contribution in [2.45, 2.75) is 30.9 Å². The first-order chi connectivity index (χ1) is 7.70. The molecule has 1 saturated heterocycles. The van der Waals surface area contributed by atoms with Crippen LogP contribution in [0.15, 0.2) is 12.3 Å². The van der Waals surface area contributed by atoms with Crippen LogP contribution in [0.1, 0.15) is 19.4 Å². The van der Waals surface area contributed by atoms with E-state index in [1.807, 2.05) is 17.8 Å². The minimum atomic E-state index is 0.525. The maximum absolute atomic E-state index is 5.73. The van der Waals surface area contributed by atoms with Gasteiger partial charge in [0.15, 0.2) is 5.82 Å². The fourth-order valence-electron chi connectivity index (χ4n) is 2.13. The molecule has 0 aromatic carbocycles. The van der Waals surface area contributed by atoms with Gasteiger partial charge in [0.05, 0.1) is 6.20 Å². The zero-order valence-electron chi connectivity index (χ0n) is 9.76. The highest BCUT2D eigenvalue weighted by Crippen LogP contribution is 2.28. The van der Waals surface area contributed by atoms with Crippen LogP contribution in [-0.4, -0.2) is 33.8 Å². The molecule has 16 heavy (non-hydrogen) atoms. The third-order valence-electron chi connectivity index (χ3n) is 2.72. The molecule has 1 aliphatic rings. The van der Waals surface area contributed by atoms with Gasteiger partial charge in [-0.3, -0.25) is 0 Å². The Balaban J connectivity index is 2.22. The molecule has 5 heteroatoms. The molecular formula is C11H18N4S. The molecule has 88 valence electrons. The number of anilines is 1. The molecule has 0 aliphatic carbocycles. The first kappa shape index (κ1) is 11.7. The fourth-order valence-corrected chi connectivity index (χ4v) is 3.45. The molecule has 0 radical (unpaired) electrons. The van der Waals surface area contributed by atoms with Crippen LogP contribution in [-0.2, 0) is 6.54 Å². The van der Waals surface area contributed by atoms with Gasteiger partial charge in [0.1, 0.15) is 0 Å². The molecule has 0 saturated carbocycles.